The average Bonchev–Trinajstić information content (AvgIpc) is 2.68. The zero-order valence-corrected chi connectivity index (χ0v) is 16.6. The van der Waals surface area contributed by atoms with E-state index in [0.29, 0.717) is 0 Å². The summed E-state index contributed by atoms with van der Waals surface area (Å²) in [6, 6.07) is 10.4. The van der Waals surface area contributed by atoms with Gasteiger partial charge in [0, 0.05) is 32.0 Å². The summed E-state index contributed by atoms with van der Waals surface area (Å²) < 4.78 is 24.4. The molecule has 0 heterocycles. The molecule has 0 spiro atoms. The van der Waals surface area contributed by atoms with E-state index in [1.165, 1.54) is 37.4 Å². The van der Waals surface area contributed by atoms with Gasteiger partial charge in [0.15, 0.2) is 5.34 Å². The van der Waals surface area contributed by atoms with Crippen molar-refractivity contribution in [3.63, 3.8) is 0 Å². The fourth-order valence-corrected chi connectivity index (χ4v) is 7.96. The Morgan fingerprint density at radius 3 is 2.31 bits per heavy atom. The van der Waals surface area contributed by atoms with E-state index in [0.717, 1.165) is 38.5 Å². The van der Waals surface area contributed by atoms with E-state index in [9.17, 15) is 9.67 Å². The third-order valence-electron chi connectivity index (χ3n) is 6.90. The standard InChI is InChI=1S/C21H29O4P/c1-24-26(23,25-2)21(22)18-13-8-14-19(21)20(15-9-4-3-5-10-15)17-12-7-6-11-16(17)18/h3-5,9-10,18-20,22H,6-8,11-14H2,1-2H3/t18-,19+,20+,21-/m1/s1. The van der Waals surface area contributed by atoms with Gasteiger partial charge in [-0.3, -0.25) is 4.57 Å². The Bertz CT molecular complexity index is 736. The quantitative estimate of drug-likeness (QED) is 0.576. The van der Waals surface area contributed by atoms with Crippen LogP contribution in [0.3, 0.4) is 0 Å². The lowest BCUT2D eigenvalue weighted by molar-refractivity contribution is -0.0529. The van der Waals surface area contributed by atoms with Crippen LogP contribution in [0.2, 0.25) is 0 Å². The van der Waals surface area contributed by atoms with Crippen LogP contribution in [-0.2, 0) is 13.6 Å². The van der Waals surface area contributed by atoms with Gasteiger partial charge < -0.3 is 14.2 Å². The summed E-state index contributed by atoms with van der Waals surface area (Å²) in [7, 11) is -0.840. The van der Waals surface area contributed by atoms with E-state index in [4.69, 9.17) is 9.05 Å². The first-order chi connectivity index (χ1) is 12.6. The van der Waals surface area contributed by atoms with Crippen molar-refractivity contribution in [1.29, 1.82) is 0 Å². The van der Waals surface area contributed by atoms with E-state index in [1.54, 1.807) is 0 Å². The maximum absolute atomic E-state index is 13.6. The highest BCUT2D eigenvalue weighted by atomic mass is 31.2. The van der Waals surface area contributed by atoms with Crippen molar-refractivity contribution in [3.05, 3.63) is 47.0 Å². The maximum atomic E-state index is 13.6. The van der Waals surface area contributed by atoms with Gasteiger partial charge in [-0.25, -0.2) is 0 Å². The molecule has 1 aromatic carbocycles. The van der Waals surface area contributed by atoms with Gasteiger partial charge in [-0.15, -0.1) is 0 Å². The zero-order chi connectivity index (χ0) is 18.4. The molecule has 1 saturated carbocycles. The van der Waals surface area contributed by atoms with Crippen molar-refractivity contribution in [1.82, 2.24) is 0 Å². The highest BCUT2D eigenvalue weighted by molar-refractivity contribution is 7.55. The van der Waals surface area contributed by atoms with Gasteiger partial charge in [0.05, 0.1) is 0 Å². The lowest BCUT2D eigenvalue weighted by Gasteiger charge is -2.56. The summed E-state index contributed by atoms with van der Waals surface area (Å²) in [6.07, 6.45) is 7.18. The molecule has 4 nitrogen and oxygen atoms in total. The Labute approximate surface area is 156 Å². The SMILES string of the molecule is COP(=O)(OC)[C@]1(O)[C@@H]2CCC[C@H]1[C@@H](c1ccccc1)C1=C2CCCC1. The number of hydrogen-bond acceptors (Lipinski definition) is 4. The first-order valence-electron chi connectivity index (χ1n) is 9.77. The second-order valence-electron chi connectivity index (χ2n) is 7.88. The predicted molar refractivity (Wildman–Crippen MR) is 102 cm³/mol. The molecule has 1 aromatic rings. The third-order valence-corrected chi connectivity index (χ3v) is 9.38. The average molecular weight is 376 g/mol. The van der Waals surface area contributed by atoms with Crippen LogP contribution >= 0.6 is 7.60 Å². The molecule has 142 valence electrons. The molecule has 0 aromatic heterocycles. The summed E-state index contributed by atoms with van der Waals surface area (Å²) in [5.41, 5.74) is 4.03. The van der Waals surface area contributed by atoms with Crippen LogP contribution in [0.15, 0.2) is 41.5 Å². The minimum Gasteiger partial charge on any atom is -0.377 e. The van der Waals surface area contributed by atoms with Gasteiger partial charge in [-0.05, 0) is 44.1 Å². The summed E-state index contributed by atoms with van der Waals surface area (Å²) in [5.74, 6) is -0.139. The first-order valence-corrected chi connectivity index (χ1v) is 11.3. The van der Waals surface area contributed by atoms with E-state index >= 15 is 0 Å². The van der Waals surface area contributed by atoms with E-state index in [-0.39, 0.29) is 17.8 Å². The van der Waals surface area contributed by atoms with Gasteiger partial charge in [-0.1, -0.05) is 47.9 Å². The fraction of sp³-hybridized carbons (Fsp3) is 0.619. The van der Waals surface area contributed by atoms with Crippen molar-refractivity contribution >= 4 is 7.60 Å². The smallest absolute Gasteiger partial charge is 0.362 e. The molecule has 26 heavy (non-hydrogen) atoms. The highest BCUT2D eigenvalue weighted by Crippen LogP contribution is 2.73. The second-order valence-corrected chi connectivity index (χ2v) is 10.3. The van der Waals surface area contributed by atoms with Crippen LogP contribution in [0.5, 0.6) is 0 Å². The lowest BCUT2D eigenvalue weighted by Crippen LogP contribution is -2.54. The Morgan fingerprint density at radius 1 is 1.00 bits per heavy atom. The fourth-order valence-electron chi connectivity index (χ4n) is 5.87. The lowest BCUT2D eigenvalue weighted by atomic mass is 9.57. The number of benzene rings is 1. The number of fused-ring (bicyclic) bond motifs is 3. The normalized spacial score (nSPS) is 34.5. The minimum atomic E-state index is -3.65. The molecule has 3 aliphatic carbocycles. The number of allylic oxidation sites excluding steroid dienone is 1. The Hall–Kier alpha value is -0.930. The first kappa shape index (κ1) is 18.4. The third kappa shape index (κ3) is 2.50. The van der Waals surface area contributed by atoms with Crippen LogP contribution in [0.1, 0.15) is 56.4 Å². The molecule has 0 radical (unpaired) electrons. The molecule has 4 rings (SSSR count). The van der Waals surface area contributed by atoms with E-state index in [2.05, 4.69) is 24.3 Å². The molecule has 2 bridgehead atoms. The molecular formula is C21H29O4P. The van der Waals surface area contributed by atoms with Crippen molar-refractivity contribution in [2.24, 2.45) is 11.8 Å². The Morgan fingerprint density at radius 2 is 1.65 bits per heavy atom. The molecule has 1 N–H and O–H groups in total. The van der Waals surface area contributed by atoms with Gasteiger partial charge >= 0.3 is 7.60 Å². The maximum Gasteiger partial charge on any atom is 0.362 e. The summed E-state index contributed by atoms with van der Waals surface area (Å²) in [5, 5.41) is 10.6. The van der Waals surface area contributed by atoms with Crippen LogP contribution in [0, 0.1) is 11.8 Å². The second kappa shape index (κ2) is 6.91. The van der Waals surface area contributed by atoms with Gasteiger partial charge in [0.1, 0.15) is 0 Å². The predicted octanol–water partition coefficient (Wildman–Crippen LogP) is 5.25. The summed E-state index contributed by atoms with van der Waals surface area (Å²) >= 11 is 0. The van der Waals surface area contributed by atoms with E-state index < -0.39 is 12.9 Å². The van der Waals surface area contributed by atoms with Crippen LogP contribution < -0.4 is 0 Å². The molecule has 0 saturated heterocycles. The van der Waals surface area contributed by atoms with Crippen molar-refractivity contribution in [3.8, 4) is 0 Å². The van der Waals surface area contributed by atoms with Crippen molar-refractivity contribution < 1.29 is 18.7 Å². The Kier molecular flexibility index (Phi) is 4.90. The van der Waals surface area contributed by atoms with E-state index in [1.807, 2.05) is 6.07 Å². The summed E-state index contributed by atoms with van der Waals surface area (Å²) in [6.45, 7) is 0. The topological polar surface area (TPSA) is 55.8 Å². The number of rotatable bonds is 4. The molecule has 0 unspecified atom stereocenters. The van der Waals surface area contributed by atoms with Crippen LogP contribution in [-0.4, -0.2) is 24.7 Å². The highest BCUT2D eigenvalue weighted by Gasteiger charge is 2.65. The van der Waals surface area contributed by atoms with Gasteiger partial charge in [0.25, 0.3) is 0 Å². The van der Waals surface area contributed by atoms with Gasteiger partial charge in [-0.2, -0.15) is 0 Å². The van der Waals surface area contributed by atoms with Crippen LogP contribution in [0.25, 0.3) is 0 Å². The minimum absolute atomic E-state index is 0.103. The van der Waals surface area contributed by atoms with Crippen molar-refractivity contribution in [2.45, 2.75) is 56.2 Å². The summed E-state index contributed by atoms with van der Waals surface area (Å²) in [4.78, 5) is 0. The molecule has 3 aliphatic rings. The van der Waals surface area contributed by atoms with Crippen LogP contribution in [0.4, 0.5) is 0 Å². The number of hydrogen-bond donors (Lipinski definition) is 1. The molecular weight excluding hydrogens is 347 g/mol. The monoisotopic (exact) mass is 376 g/mol. The van der Waals surface area contributed by atoms with Gasteiger partial charge in [0.2, 0.25) is 0 Å². The van der Waals surface area contributed by atoms with Crippen molar-refractivity contribution in [2.75, 3.05) is 14.2 Å². The molecule has 0 amide bonds. The largest absolute Gasteiger partial charge is 0.377 e. The zero-order valence-electron chi connectivity index (χ0n) is 15.7. The molecule has 1 fully saturated rings. The molecule has 4 atom stereocenters. The molecule has 0 aliphatic heterocycles. The Balaban J connectivity index is 1.94. The number of aliphatic hydroxyl groups is 1. The molecule has 5 heteroatoms.